The van der Waals surface area contributed by atoms with Crippen molar-refractivity contribution in [3.05, 3.63) is 42.4 Å². The largest absolute Gasteiger partial charge is 0.481 e. The molecule has 0 amide bonds. The van der Waals surface area contributed by atoms with Crippen LogP contribution < -0.4 is 4.74 Å². The highest BCUT2D eigenvalue weighted by Gasteiger charge is 2.32. The van der Waals surface area contributed by atoms with Gasteiger partial charge in [-0.3, -0.25) is 4.98 Å². The van der Waals surface area contributed by atoms with E-state index in [-0.39, 0.29) is 0 Å². The molecule has 0 spiro atoms. The predicted octanol–water partition coefficient (Wildman–Crippen LogP) is 3.17. The molecule has 0 N–H and O–H groups in total. The third-order valence-electron chi connectivity index (χ3n) is 2.33. The summed E-state index contributed by atoms with van der Waals surface area (Å²) in [5.74, 6) is 0.396. The first-order valence-corrected chi connectivity index (χ1v) is 5.04. The van der Waals surface area contributed by atoms with Crippen LogP contribution >= 0.6 is 0 Å². The molecule has 0 unspecified atom stereocenters. The topological polar surface area (TPSA) is 35.0 Å². The van der Waals surface area contributed by atoms with Crippen molar-refractivity contribution in [3.63, 3.8) is 0 Å². The Morgan fingerprint density at radius 1 is 1.06 bits per heavy atom. The summed E-state index contributed by atoms with van der Waals surface area (Å²) < 4.78 is 42.0. The maximum Gasteiger partial charge on any atom is 0.433 e. The van der Waals surface area contributed by atoms with Gasteiger partial charge >= 0.3 is 6.18 Å². The van der Waals surface area contributed by atoms with E-state index >= 15 is 0 Å². The fraction of sp³-hybridized carbons (Fsp3) is 0.167. The van der Waals surface area contributed by atoms with Gasteiger partial charge in [-0.2, -0.15) is 13.2 Å². The molecule has 2 heterocycles. The number of nitrogens with zero attached hydrogens (tertiary/aromatic N) is 2. The molecule has 18 heavy (non-hydrogen) atoms. The Labute approximate surface area is 101 Å². The molecule has 0 bridgehead atoms. The highest BCUT2D eigenvalue weighted by Crippen LogP contribution is 2.29. The average molecular weight is 254 g/mol. The van der Waals surface area contributed by atoms with E-state index in [1.165, 1.54) is 25.6 Å². The van der Waals surface area contributed by atoms with Gasteiger partial charge in [-0.15, -0.1) is 0 Å². The minimum absolute atomic E-state index is 0.396. The summed E-state index contributed by atoms with van der Waals surface area (Å²) >= 11 is 0. The second kappa shape index (κ2) is 4.64. The van der Waals surface area contributed by atoms with Crippen molar-refractivity contribution >= 4 is 0 Å². The Kier molecular flexibility index (Phi) is 3.18. The third-order valence-corrected chi connectivity index (χ3v) is 2.33. The van der Waals surface area contributed by atoms with E-state index in [1.807, 2.05) is 0 Å². The summed E-state index contributed by atoms with van der Waals surface area (Å²) in [6.45, 7) is 0. The molecule has 0 aliphatic rings. The summed E-state index contributed by atoms with van der Waals surface area (Å²) in [6.07, 6.45) is -1.72. The maximum atomic E-state index is 12.3. The van der Waals surface area contributed by atoms with E-state index < -0.39 is 11.9 Å². The number of aromatic nitrogens is 2. The zero-order chi connectivity index (χ0) is 13.2. The Morgan fingerprint density at radius 3 is 2.39 bits per heavy atom. The Hall–Kier alpha value is -2.11. The number of hydrogen-bond donors (Lipinski definition) is 0. The lowest BCUT2D eigenvalue weighted by Gasteiger charge is -2.07. The average Bonchev–Trinajstić information content (AvgIpc) is 2.38. The van der Waals surface area contributed by atoms with Gasteiger partial charge in [-0.25, -0.2) is 4.98 Å². The van der Waals surface area contributed by atoms with Crippen LogP contribution in [0.3, 0.4) is 0 Å². The molecule has 3 nitrogen and oxygen atoms in total. The Balaban J connectivity index is 2.34. The van der Waals surface area contributed by atoms with Crippen molar-refractivity contribution in [2.75, 3.05) is 7.11 Å². The highest BCUT2D eigenvalue weighted by molar-refractivity contribution is 5.63. The van der Waals surface area contributed by atoms with Gasteiger partial charge in [0.1, 0.15) is 5.69 Å². The molecule has 0 fully saturated rings. The van der Waals surface area contributed by atoms with Crippen LogP contribution in [0.25, 0.3) is 11.1 Å². The number of alkyl halides is 3. The number of hydrogen-bond acceptors (Lipinski definition) is 3. The van der Waals surface area contributed by atoms with Gasteiger partial charge in [0.25, 0.3) is 0 Å². The van der Waals surface area contributed by atoms with Gasteiger partial charge in [0, 0.05) is 24.0 Å². The van der Waals surface area contributed by atoms with Crippen LogP contribution in [0, 0.1) is 0 Å². The fourth-order valence-corrected chi connectivity index (χ4v) is 1.43. The van der Waals surface area contributed by atoms with Crippen molar-refractivity contribution < 1.29 is 17.9 Å². The van der Waals surface area contributed by atoms with Gasteiger partial charge < -0.3 is 4.74 Å². The van der Waals surface area contributed by atoms with E-state index in [0.29, 0.717) is 17.0 Å². The lowest BCUT2D eigenvalue weighted by molar-refractivity contribution is -0.141. The number of rotatable bonds is 2. The molecular weight excluding hydrogens is 245 g/mol. The van der Waals surface area contributed by atoms with Crippen LogP contribution in [0.2, 0.25) is 0 Å². The first kappa shape index (κ1) is 12.3. The number of pyridine rings is 2. The van der Waals surface area contributed by atoms with Gasteiger partial charge in [0.2, 0.25) is 5.88 Å². The van der Waals surface area contributed by atoms with Crippen LogP contribution in [0.15, 0.2) is 36.7 Å². The zero-order valence-corrected chi connectivity index (χ0v) is 9.40. The van der Waals surface area contributed by atoms with E-state index in [1.54, 1.807) is 12.1 Å². The molecule has 0 aliphatic carbocycles. The molecule has 0 radical (unpaired) electrons. The van der Waals surface area contributed by atoms with Crippen LogP contribution in [0.5, 0.6) is 5.88 Å². The minimum Gasteiger partial charge on any atom is -0.481 e. The monoisotopic (exact) mass is 254 g/mol. The molecule has 0 saturated heterocycles. The predicted molar refractivity (Wildman–Crippen MR) is 59.0 cm³/mol. The first-order chi connectivity index (χ1) is 8.50. The third kappa shape index (κ3) is 2.58. The molecule has 94 valence electrons. The summed E-state index contributed by atoms with van der Waals surface area (Å²) in [4.78, 5) is 7.31. The molecule has 6 heteroatoms. The molecule has 2 aromatic rings. The number of ether oxygens (including phenoxy) is 1. The van der Waals surface area contributed by atoms with Gasteiger partial charge in [0.15, 0.2) is 0 Å². The van der Waals surface area contributed by atoms with Crippen molar-refractivity contribution in [1.29, 1.82) is 0 Å². The summed E-state index contributed by atoms with van der Waals surface area (Å²) in [6, 6.07) is 5.61. The lowest BCUT2D eigenvalue weighted by Crippen LogP contribution is -2.07. The van der Waals surface area contributed by atoms with Crippen molar-refractivity contribution in [2.24, 2.45) is 0 Å². The van der Waals surface area contributed by atoms with E-state index in [9.17, 15) is 13.2 Å². The second-order valence-electron chi connectivity index (χ2n) is 3.52. The van der Waals surface area contributed by atoms with Crippen LogP contribution in [0.1, 0.15) is 5.69 Å². The molecule has 0 aromatic carbocycles. The SMILES string of the molecule is COc1cc(-c2ccc(C(F)(F)F)nc2)ccn1. The van der Waals surface area contributed by atoms with Crippen LogP contribution in [-0.2, 0) is 6.18 Å². The van der Waals surface area contributed by atoms with Crippen molar-refractivity contribution in [1.82, 2.24) is 9.97 Å². The van der Waals surface area contributed by atoms with Gasteiger partial charge in [0.05, 0.1) is 7.11 Å². The highest BCUT2D eigenvalue weighted by atomic mass is 19.4. The zero-order valence-electron chi connectivity index (χ0n) is 9.40. The van der Waals surface area contributed by atoms with Crippen molar-refractivity contribution in [2.45, 2.75) is 6.18 Å². The van der Waals surface area contributed by atoms with Crippen LogP contribution in [-0.4, -0.2) is 17.1 Å². The summed E-state index contributed by atoms with van der Waals surface area (Å²) in [7, 11) is 1.47. The summed E-state index contributed by atoms with van der Waals surface area (Å²) in [5.41, 5.74) is 0.360. The second-order valence-corrected chi connectivity index (χ2v) is 3.52. The summed E-state index contributed by atoms with van der Waals surface area (Å²) in [5, 5.41) is 0. The van der Waals surface area contributed by atoms with E-state index in [2.05, 4.69) is 9.97 Å². The Bertz CT molecular complexity index is 538. The smallest absolute Gasteiger partial charge is 0.433 e. The molecule has 2 aromatic heterocycles. The maximum absolute atomic E-state index is 12.3. The first-order valence-electron chi connectivity index (χ1n) is 5.04. The van der Waals surface area contributed by atoms with Crippen LogP contribution in [0.4, 0.5) is 13.2 Å². The minimum atomic E-state index is -4.42. The molecular formula is C12H9F3N2O. The van der Waals surface area contributed by atoms with Crippen molar-refractivity contribution in [3.8, 4) is 17.0 Å². The van der Waals surface area contributed by atoms with E-state index in [4.69, 9.17) is 4.74 Å². The molecule has 0 aliphatic heterocycles. The molecule has 0 saturated carbocycles. The molecule has 0 atom stereocenters. The molecule has 2 rings (SSSR count). The lowest BCUT2D eigenvalue weighted by atomic mass is 10.1. The van der Waals surface area contributed by atoms with Gasteiger partial charge in [-0.1, -0.05) is 6.07 Å². The number of methoxy groups -OCH3 is 1. The fourth-order valence-electron chi connectivity index (χ4n) is 1.43. The normalized spacial score (nSPS) is 11.3. The standard InChI is InChI=1S/C12H9F3N2O/c1-18-11-6-8(4-5-16-11)9-2-3-10(17-7-9)12(13,14)15/h2-7H,1H3. The van der Waals surface area contributed by atoms with Gasteiger partial charge in [-0.05, 0) is 17.7 Å². The Morgan fingerprint density at radius 2 is 1.83 bits per heavy atom. The number of halogens is 3. The van der Waals surface area contributed by atoms with E-state index in [0.717, 1.165) is 6.07 Å². The quantitative estimate of drug-likeness (QED) is 0.825.